The van der Waals surface area contributed by atoms with Crippen LogP contribution in [-0.2, 0) is 19.9 Å². The van der Waals surface area contributed by atoms with Crippen LogP contribution in [0.5, 0.6) is 5.75 Å². The second-order valence-corrected chi connectivity index (χ2v) is 5.63. The van der Waals surface area contributed by atoms with Crippen molar-refractivity contribution in [1.82, 2.24) is 0 Å². The molecule has 0 aliphatic carbocycles. The van der Waals surface area contributed by atoms with Crippen molar-refractivity contribution in [3.8, 4) is 5.75 Å². The predicted molar refractivity (Wildman–Crippen MR) is 80.9 cm³/mol. The first-order valence-corrected chi connectivity index (χ1v) is 7.29. The maximum atomic E-state index is 11.4. The number of hydrogen-bond acceptors (Lipinski definition) is 5. The van der Waals surface area contributed by atoms with Gasteiger partial charge < -0.3 is 14.2 Å². The third-order valence-corrected chi connectivity index (χ3v) is 3.34. The Labute approximate surface area is 129 Å². The van der Waals surface area contributed by atoms with Crippen LogP contribution in [0.15, 0.2) is 18.2 Å². The minimum absolute atomic E-state index is 0.264. The number of carbonyl (C=O) groups excluding carboxylic acids is 2. The predicted octanol–water partition coefficient (Wildman–Crippen LogP) is 3.21. The molecular weight excluding hydrogens is 286 g/mol. The summed E-state index contributed by atoms with van der Waals surface area (Å²) in [5.41, 5.74) is 0.930. The molecule has 0 radical (unpaired) electrons. The van der Waals surface area contributed by atoms with Gasteiger partial charge >= 0.3 is 12.1 Å². The Balaban J connectivity index is 1.89. The maximum Gasteiger partial charge on any atom is 0.412 e. The smallest absolute Gasteiger partial charge is 0.412 e. The summed E-state index contributed by atoms with van der Waals surface area (Å²) in [5, 5.41) is 2.67. The zero-order valence-electron chi connectivity index (χ0n) is 13.1. The molecule has 0 spiro atoms. The normalized spacial score (nSPS) is 15.3. The summed E-state index contributed by atoms with van der Waals surface area (Å²) in [4.78, 5) is 22.1. The molecule has 1 heterocycles. The highest BCUT2D eigenvalue weighted by molar-refractivity contribution is 5.88. The average molecular weight is 307 g/mol. The molecule has 22 heavy (non-hydrogen) atoms. The topological polar surface area (TPSA) is 73.9 Å². The van der Waals surface area contributed by atoms with Crippen molar-refractivity contribution in [3.63, 3.8) is 0 Å². The molecule has 0 bridgehead atoms. The van der Waals surface area contributed by atoms with E-state index in [-0.39, 0.29) is 5.97 Å². The lowest BCUT2D eigenvalue weighted by Gasteiger charge is -2.32. The molecule has 1 aliphatic rings. The quantitative estimate of drug-likeness (QED) is 0.645. The van der Waals surface area contributed by atoms with E-state index in [9.17, 15) is 9.59 Å². The van der Waals surface area contributed by atoms with Gasteiger partial charge in [0.2, 0.25) is 0 Å². The van der Waals surface area contributed by atoms with Crippen LogP contribution in [0.1, 0.15) is 39.2 Å². The molecule has 0 saturated heterocycles. The molecule has 6 heteroatoms. The van der Waals surface area contributed by atoms with Crippen molar-refractivity contribution in [2.24, 2.45) is 0 Å². The van der Waals surface area contributed by atoms with Gasteiger partial charge in [-0.2, -0.15) is 0 Å². The van der Waals surface area contributed by atoms with Gasteiger partial charge in [0.05, 0.1) is 18.9 Å². The second kappa shape index (κ2) is 6.68. The van der Waals surface area contributed by atoms with Crippen LogP contribution < -0.4 is 10.1 Å². The number of hydrogen-bond donors (Lipinski definition) is 1. The standard InChI is InChI=1S/C16H21NO5/c1-11(18)20-8-4-5-9-21-12-6-7-14-13(10-12)16(2,3)22-15(19)17-14/h6-7,10H,4-5,8-9H2,1-3H3,(H,17,19). The number of rotatable bonds is 6. The van der Waals surface area contributed by atoms with Crippen LogP contribution in [0.2, 0.25) is 0 Å². The number of anilines is 1. The first-order chi connectivity index (χ1) is 10.4. The maximum absolute atomic E-state index is 11.4. The van der Waals surface area contributed by atoms with Gasteiger partial charge in [0.15, 0.2) is 0 Å². The molecule has 6 nitrogen and oxygen atoms in total. The van der Waals surface area contributed by atoms with Crippen molar-refractivity contribution in [3.05, 3.63) is 23.8 Å². The zero-order chi connectivity index (χ0) is 16.2. The lowest BCUT2D eigenvalue weighted by molar-refractivity contribution is -0.141. The van der Waals surface area contributed by atoms with E-state index >= 15 is 0 Å². The highest BCUT2D eigenvalue weighted by Crippen LogP contribution is 2.37. The third kappa shape index (κ3) is 4.13. The minimum Gasteiger partial charge on any atom is -0.494 e. The van der Waals surface area contributed by atoms with E-state index in [0.717, 1.165) is 29.8 Å². The number of unbranched alkanes of at least 4 members (excludes halogenated alkanes) is 1. The second-order valence-electron chi connectivity index (χ2n) is 5.63. The first-order valence-electron chi connectivity index (χ1n) is 7.29. The summed E-state index contributed by atoms with van der Waals surface area (Å²) >= 11 is 0. The summed E-state index contributed by atoms with van der Waals surface area (Å²) in [5.74, 6) is 0.457. The summed E-state index contributed by atoms with van der Waals surface area (Å²) in [7, 11) is 0. The molecule has 1 aromatic carbocycles. The Morgan fingerprint density at radius 1 is 1.27 bits per heavy atom. The van der Waals surface area contributed by atoms with E-state index in [1.165, 1.54) is 6.92 Å². The number of ether oxygens (including phenoxy) is 3. The fourth-order valence-corrected chi connectivity index (χ4v) is 2.25. The van der Waals surface area contributed by atoms with Crippen molar-refractivity contribution >= 4 is 17.7 Å². The van der Waals surface area contributed by atoms with E-state index < -0.39 is 11.7 Å². The molecular formula is C16H21NO5. The number of fused-ring (bicyclic) bond motifs is 1. The fourth-order valence-electron chi connectivity index (χ4n) is 2.25. The Morgan fingerprint density at radius 3 is 2.73 bits per heavy atom. The Bertz CT molecular complexity index is 568. The molecule has 0 aromatic heterocycles. The molecule has 0 unspecified atom stereocenters. The molecule has 2 rings (SSSR count). The molecule has 1 amide bonds. The highest BCUT2D eigenvalue weighted by Gasteiger charge is 2.33. The van der Waals surface area contributed by atoms with E-state index in [4.69, 9.17) is 14.2 Å². The number of nitrogens with one attached hydrogen (secondary N) is 1. The highest BCUT2D eigenvalue weighted by atomic mass is 16.6. The number of benzene rings is 1. The van der Waals surface area contributed by atoms with E-state index in [2.05, 4.69) is 5.32 Å². The number of cyclic esters (lactones) is 1. The first kappa shape index (κ1) is 16.1. The van der Waals surface area contributed by atoms with Crippen LogP contribution in [0.25, 0.3) is 0 Å². The minimum atomic E-state index is -0.688. The summed E-state index contributed by atoms with van der Waals surface area (Å²) < 4.78 is 15.8. The van der Waals surface area contributed by atoms with Gasteiger partial charge in [0, 0.05) is 12.5 Å². The van der Waals surface area contributed by atoms with Gasteiger partial charge in [-0.25, -0.2) is 4.79 Å². The number of esters is 1. The number of amides is 1. The molecule has 120 valence electrons. The largest absolute Gasteiger partial charge is 0.494 e. The molecule has 0 atom stereocenters. The monoisotopic (exact) mass is 307 g/mol. The molecule has 1 aliphatic heterocycles. The van der Waals surface area contributed by atoms with Crippen molar-refractivity contribution in [2.45, 2.75) is 39.2 Å². The van der Waals surface area contributed by atoms with Crippen LogP contribution in [0.4, 0.5) is 10.5 Å². The SMILES string of the molecule is CC(=O)OCCCCOc1ccc2c(c1)C(C)(C)OC(=O)N2. The molecule has 0 saturated carbocycles. The lowest BCUT2D eigenvalue weighted by Crippen LogP contribution is -2.34. The average Bonchev–Trinajstić information content (AvgIpc) is 2.42. The number of carbonyl (C=O) groups is 2. The van der Waals surface area contributed by atoms with Crippen molar-refractivity contribution in [2.75, 3.05) is 18.5 Å². The van der Waals surface area contributed by atoms with E-state index in [0.29, 0.717) is 13.2 Å². The fraction of sp³-hybridized carbons (Fsp3) is 0.500. The molecule has 0 fully saturated rings. The van der Waals surface area contributed by atoms with Crippen LogP contribution in [-0.4, -0.2) is 25.3 Å². The molecule has 1 N–H and O–H groups in total. The summed E-state index contributed by atoms with van der Waals surface area (Å²) in [6.45, 7) is 6.02. The Morgan fingerprint density at radius 2 is 2.00 bits per heavy atom. The summed E-state index contributed by atoms with van der Waals surface area (Å²) in [6, 6.07) is 5.50. The van der Waals surface area contributed by atoms with Gasteiger partial charge in [0.1, 0.15) is 11.4 Å². The summed E-state index contributed by atoms with van der Waals surface area (Å²) in [6.07, 6.45) is 1.10. The van der Waals surface area contributed by atoms with Gasteiger partial charge in [-0.05, 0) is 44.9 Å². The van der Waals surface area contributed by atoms with Crippen LogP contribution in [0.3, 0.4) is 0 Å². The Hall–Kier alpha value is -2.24. The Kier molecular flexibility index (Phi) is 4.90. The van der Waals surface area contributed by atoms with Gasteiger partial charge in [-0.3, -0.25) is 10.1 Å². The van der Waals surface area contributed by atoms with Gasteiger partial charge in [-0.15, -0.1) is 0 Å². The third-order valence-electron chi connectivity index (χ3n) is 3.34. The van der Waals surface area contributed by atoms with Crippen molar-refractivity contribution < 1.29 is 23.8 Å². The van der Waals surface area contributed by atoms with E-state index in [1.54, 1.807) is 0 Å². The van der Waals surface area contributed by atoms with Crippen LogP contribution >= 0.6 is 0 Å². The molecule has 1 aromatic rings. The van der Waals surface area contributed by atoms with Gasteiger partial charge in [-0.1, -0.05) is 0 Å². The van der Waals surface area contributed by atoms with Crippen molar-refractivity contribution in [1.29, 1.82) is 0 Å². The van der Waals surface area contributed by atoms with E-state index in [1.807, 2.05) is 32.0 Å². The van der Waals surface area contributed by atoms with Crippen LogP contribution in [0, 0.1) is 0 Å². The zero-order valence-corrected chi connectivity index (χ0v) is 13.1. The van der Waals surface area contributed by atoms with Gasteiger partial charge in [0.25, 0.3) is 0 Å². The lowest BCUT2D eigenvalue weighted by atomic mass is 9.94.